The van der Waals surface area contributed by atoms with E-state index in [0.717, 1.165) is 0 Å². The molecule has 0 fully saturated rings. The second-order valence-corrected chi connectivity index (χ2v) is 8.09. The largest absolute Gasteiger partial charge is 0.446 e. The number of hydrogen-bond acceptors (Lipinski definition) is 6. The smallest absolute Gasteiger partial charge is 0.295 e. The van der Waals surface area contributed by atoms with Gasteiger partial charge < -0.3 is 0 Å². The number of oxime groups is 1. The molecule has 1 amide bonds. The topological polar surface area (TPSA) is 41.9 Å². The minimum absolute atomic E-state index is 0.0688. The van der Waals surface area contributed by atoms with Gasteiger partial charge in [0.2, 0.25) is 4.50 Å². The molecule has 16 heavy (non-hydrogen) atoms. The summed E-state index contributed by atoms with van der Waals surface area (Å²) >= 11 is 6.77. The number of thioether (sulfide) groups is 1. The van der Waals surface area contributed by atoms with Crippen molar-refractivity contribution < 1.29 is 9.63 Å². The van der Waals surface area contributed by atoms with E-state index in [9.17, 15) is 4.79 Å². The predicted octanol–water partition coefficient (Wildman–Crippen LogP) is 4.02. The highest BCUT2D eigenvalue weighted by atomic mass is 35.5. The standard InChI is InChI=1S/C8H15ClN2O2S3/c1-8(2,3)15-16-11(4)7(12)13-10-6(9)14-5/h1-5H3. The number of halogens is 1. The third-order valence-corrected chi connectivity index (χ3v) is 5.31. The fraction of sp³-hybridized carbons (Fsp3) is 0.750. The van der Waals surface area contributed by atoms with Gasteiger partial charge in [-0.1, -0.05) is 60.1 Å². The SMILES string of the molecule is CSC(Cl)=NOC(=O)N(C)SSC(C)(C)C. The number of hydrogen-bond donors (Lipinski definition) is 0. The highest BCUT2D eigenvalue weighted by molar-refractivity contribution is 8.76. The van der Waals surface area contributed by atoms with E-state index in [2.05, 4.69) is 30.8 Å². The summed E-state index contributed by atoms with van der Waals surface area (Å²) in [6.07, 6.45) is 1.20. The molecule has 0 bridgehead atoms. The van der Waals surface area contributed by atoms with E-state index in [-0.39, 0.29) is 9.25 Å². The van der Waals surface area contributed by atoms with Gasteiger partial charge in [-0.15, -0.1) is 0 Å². The molecule has 0 aromatic heterocycles. The van der Waals surface area contributed by atoms with Crippen molar-refractivity contribution in [2.75, 3.05) is 13.3 Å². The Hall–Kier alpha value is 0.280. The molecule has 94 valence electrons. The molecular formula is C8H15ClN2O2S3. The van der Waals surface area contributed by atoms with Crippen molar-refractivity contribution in [1.29, 1.82) is 0 Å². The first kappa shape index (κ1) is 16.3. The molecule has 8 heteroatoms. The number of nitrogens with zero attached hydrogens (tertiary/aromatic N) is 2. The molecule has 0 spiro atoms. The van der Waals surface area contributed by atoms with Crippen molar-refractivity contribution in [2.24, 2.45) is 5.16 Å². The summed E-state index contributed by atoms with van der Waals surface area (Å²) in [5, 5.41) is 3.44. The summed E-state index contributed by atoms with van der Waals surface area (Å²) < 4.78 is 1.62. The second kappa shape index (κ2) is 7.58. The highest BCUT2D eigenvalue weighted by Gasteiger charge is 2.17. The Morgan fingerprint density at radius 1 is 1.44 bits per heavy atom. The van der Waals surface area contributed by atoms with E-state index in [1.165, 1.54) is 27.0 Å². The van der Waals surface area contributed by atoms with Crippen molar-refractivity contribution in [3.63, 3.8) is 0 Å². The first-order chi connectivity index (χ1) is 7.26. The number of carbonyl (C=O) groups excluding carboxylic acids is 1. The van der Waals surface area contributed by atoms with Gasteiger partial charge in [0.05, 0.1) is 0 Å². The summed E-state index contributed by atoms with van der Waals surface area (Å²) in [7, 11) is 4.49. The first-order valence-corrected chi connectivity index (χ1v) is 8.05. The van der Waals surface area contributed by atoms with Gasteiger partial charge in [-0.3, -0.25) is 4.84 Å². The molecule has 4 nitrogen and oxygen atoms in total. The minimum Gasteiger partial charge on any atom is -0.295 e. The Kier molecular flexibility index (Phi) is 7.71. The van der Waals surface area contributed by atoms with Crippen LogP contribution in [0.5, 0.6) is 0 Å². The van der Waals surface area contributed by atoms with Gasteiger partial charge in [0.15, 0.2) is 0 Å². The van der Waals surface area contributed by atoms with Crippen LogP contribution in [0.25, 0.3) is 0 Å². The van der Waals surface area contributed by atoms with E-state index < -0.39 is 6.09 Å². The average Bonchev–Trinajstić information content (AvgIpc) is 2.20. The zero-order chi connectivity index (χ0) is 12.8. The van der Waals surface area contributed by atoms with Crippen LogP contribution in [0.1, 0.15) is 20.8 Å². The Bertz CT molecular complexity index is 268. The Morgan fingerprint density at radius 2 is 2.00 bits per heavy atom. The molecule has 0 aromatic carbocycles. The predicted molar refractivity (Wildman–Crippen MR) is 76.0 cm³/mol. The molecule has 0 saturated carbocycles. The quantitative estimate of drug-likeness (QED) is 0.197. The van der Waals surface area contributed by atoms with Crippen molar-refractivity contribution in [3.8, 4) is 0 Å². The Morgan fingerprint density at radius 3 is 2.44 bits per heavy atom. The molecule has 0 aliphatic carbocycles. The lowest BCUT2D eigenvalue weighted by Crippen LogP contribution is -2.19. The zero-order valence-corrected chi connectivity index (χ0v) is 13.0. The Labute approximate surface area is 113 Å². The van der Waals surface area contributed by atoms with E-state index in [0.29, 0.717) is 0 Å². The molecule has 0 aromatic rings. The normalized spacial score (nSPS) is 12.5. The van der Waals surface area contributed by atoms with Crippen LogP contribution in [0.3, 0.4) is 0 Å². The van der Waals surface area contributed by atoms with Crippen molar-refractivity contribution >= 4 is 55.7 Å². The molecule has 0 atom stereocenters. The summed E-state index contributed by atoms with van der Waals surface area (Å²) in [6.45, 7) is 6.19. The maximum absolute atomic E-state index is 11.4. The molecule has 0 saturated heterocycles. The fourth-order valence-electron chi connectivity index (χ4n) is 0.368. The maximum Gasteiger partial charge on any atom is 0.446 e. The Balaban J connectivity index is 4.01. The monoisotopic (exact) mass is 302 g/mol. The average molecular weight is 303 g/mol. The second-order valence-electron chi connectivity index (χ2n) is 3.67. The molecule has 0 radical (unpaired) electrons. The van der Waals surface area contributed by atoms with Gasteiger partial charge in [0.1, 0.15) is 0 Å². The molecular weight excluding hydrogens is 288 g/mol. The number of rotatable bonds is 3. The lowest BCUT2D eigenvalue weighted by atomic mass is 10.3. The van der Waals surface area contributed by atoms with Gasteiger partial charge in [0, 0.05) is 22.8 Å². The lowest BCUT2D eigenvalue weighted by molar-refractivity contribution is 0.138. The van der Waals surface area contributed by atoms with Crippen LogP contribution in [0.15, 0.2) is 5.16 Å². The first-order valence-electron chi connectivity index (χ1n) is 4.34. The lowest BCUT2D eigenvalue weighted by Gasteiger charge is -2.19. The van der Waals surface area contributed by atoms with E-state index >= 15 is 0 Å². The molecule has 0 heterocycles. The number of amides is 1. The minimum atomic E-state index is -0.547. The van der Waals surface area contributed by atoms with Crippen LogP contribution in [0, 0.1) is 0 Å². The summed E-state index contributed by atoms with van der Waals surface area (Å²) in [4.78, 5) is 16.0. The van der Waals surface area contributed by atoms with E-state index in [1.54, 1.807) is 24.1 Å². The molecule has 0 aliphatic rings. The summed E-state index contributed by atoms with van der Waals surface area (Å²) in [5.74, 6) is 0. The van der Waals surface area contributed by atoms with Gasteiger partial charge in [-0.05, 0) is 6.26 Å². The third-order valence-electron chi connectivity index (χ3n) is 1.02. The van der Waals surface area contributed by atoms with Crippen LogP contribution in [0.4, 0.5) is 4.79 Å². The summed E-state index contributed by atoms with van der Waals surface area (Å²) in [6, 6.07) is 0. The van der Waals surface area contributed by atoms with Gasteiger partial charge in [0.25, 0.3) is 0 Å². The fourth-order valence-corrected chi connectivity index (χ4v) is 2.13. The molecule has 0 rings (SSSR count). The molecule has 0 N–H and O–H groups in total. The van der Waals surface area contributed by atoms with Crippen molar-refractivity contribution in [3.05, 3.63) is 0 Å². The van der Waals surface area contributed by atoms with Gasteiger partial charge >= 0.3 is 6.09 Å². The third kappa shape index (κ3) is 8.43. The summed E-state index contributed by atoms with van der Waals surface area (Å²) in [5.41, 5.74) is 0. The highest BCUT2D eigenvalue weighted by Crippen LogP contribution is 2.36. The van der Waals surface area contributed by atoms with Crippen LogP contribution in [-0.2, 0) is 4.84 Å². The van der Waals surface area contributed by atoms with E-state index in [1.807, 2.05) is 0 Å². The maximum atomic E-state index is 11.4. The molecule has 0 aliphatic heterocycles. The van der Waals surface area contributed by atoms with Crippen LogP contribution in [-0.4, -0.2) is 33.0 Å². The van der Waals surface area contributed by atoms with Gasteiger partial charge in [-0.25, -0.2) is 9.10 Å². The molecule has 0 unspecified atom stereocenters. The van der Waals surface area contributed by atoms with Gasteiger partial charge in [-0.2, -0.15) is 0 Å². The van der Waals surface area contributed by atoms with Crippen LogP contribution < -0.4 is 0 Å². The van der Waals surface area contributed by atoms with Crippen LogP contribution in [0.2, 0.25) is 0 Å². The number of carbonyl (C=O) groups is 1. The van der Waals surface area contributed by atoms with Crippen molar-refractivity contribution in [1.82, 2.24) is 4.31 Å². The van der Waals surface area contributed by atoms with E-state index in [4.69, 9.17) is 11.6 Å². The van der Waals surface area contributed by atoms with Crippen LogP contribution >= 0.6 is 45.1 Å². The zero-order valence-electron chi connectivity index (χ0n) is 9.81. The van der Waals surface area contributed by atoms with Crippen molar-refractivity contribution in [2.45, 2.75) is 25.5 Å².